The number of aromatic nitrogens is 2. The molecule has 1 aliphatic heterocycles. The molecule has 0 unspecified atom stereocenters. The molecule has 6 nitrogen and oxygen atoms in total. The average molecular weight is 314 g/mol. The average Bonchev–Trinajstić information content (AvgIpc) is 2.94. The van der Waals surface area contributed by atoms with Crippen LogP contribution < -0.4 is 9.64 Å². The molecule has 23 heavy (non-hydrogen) atoms. The SMILES string of the molecule is COc1ccc(N2CCN(C(=O)c3n[nH]c(C)c3C)CC2)cc1. The van der Waals surface area contributed by atoms with Crippen LogP contribution >= 0.6 is 0 Å². The van der Waals surface area contributed by atoms with E-state index in [0.29, 0.717) is 18.8 Å². The third kappa shape index (κ3) is 3.02. The zero-order valence-electron chi connectivity index (χ0n) is 13.8. The summed E-state index contributed by atoms with van der Waals surface area (Å²) >= 11 is 0. The lowest BCUT2D eigenvalue weighted by Crippen LogP contribution is -2.49. The number of rotatable bonds is 3. The Morgan fingerprint density at radius 2 is 1.78 bits per heavy atom. The number of piperazine rings is 1. The van der Waals surface area contributed by atoms with Crippen LogP contribution in [0.2, 0.25) is 0 Å². The van der Waals surface area contributed by atoms with E-state index in [4.69, 9.17) is 4.74 Å². The number of aryl methyl sites for hydroxylation is 1. The number of H-pyrrole nitrogens is 1. The van der Waals surface area contributed by atoms with Gasteiger partial charge in [0.1, 0.15) is 5.75 Å². The molecule has 0 aliphatic carbocycles. The quantitative estimate of drug-likeness (QED) is 0.941. The Morgan fingerprint density at radius 3 is 2.30 bits per heavy atom. The van der Waals surface area contributed by atoms with Gasteiger partial charge in [0.25, 0.3) is 5.91 Å². The van der Waals surface area contributed by atoms with E-state index in [1.807, 2.05) is 30.9 Å². The molecular formula is C17H22N4O2. The Bertz CT molecular complexity index is 685. The summed E-state index contributed by atoms with van der Waals surface area (Å²) in [5.41, 5.74) is 3.59. The van der Waals surface area contributed by atoms with E-state index in [9.17, 15) is 4.79 Å². The molecule has 0 bridgehead atoms. The van der Waals surface area contributed by atoms with Gasteiger partial charge in [-0.1, -0.05) is 0 Å². The summed E-state index contributed by atoms with van der Waals surface area (Å²) in [5, 5.41) is 7.03. The number of methoxy groups -OCH3 is 1. The van der Waals surface area contributed by atoms with E-state index < -0.39 is 0 Å². The van der Waals surface area contributed by atoms with Crippen molar-refractivity contribution in [1.29, 1.82) is 0 Å². The molecule has 0 spiro atoms. The standard InChI is InChI=1S/C17H22N4O2/c1-12-13(2)18-19-16(12)17(22)21-10-8-20(9-11-21)14-4-6-15(23-3)7-5-14/h4-7H,8-11H2,1-3H3,(H,18,19). The number of amides is 1. The number of anilines is 1. The van der Waals surface area contributed by atoms with Gasteiger partial charge < -0.3 is 14.5 Å². The van der Waals surface area contributed by atoms with Crippen molar-refractivity contribution in [1.82, 2.24) is 15.1 Å². The van der Waals surface area contributed by atoms with Gasteiger partial charge >= 0.3 is 0 Å². The van der Waals surface area contributed by atoms with Crippen LogP contribution in [0.4, 0.5) is 5.69 Å². The minimum Gasteiger partial charge on any atom is -0.497 e. The van der Waals surface area contributed by atoms with Crippen LogP contribution in [-0.4, -0.2) is 54.3 Å². The van der Waals surface area contributed by atoms with Crippen molar-refractivity contribution >= 4 is 11.6 Å². The molecule has 2 aromatic rings. The third-order valence-electron chi connectivity index (χ3n) is 4.46. The first-order valence-corrected chi connectivity index (χ1v) is 7.80. The first kappa shape index (κ1) is 15.4. The van der Waals surface area contributed by atoms with Gasteiger partial charge in [0.2, 0.25) is 0 Å². The molecule has 1 aromatic heterocycles. The Hall–Kier alpha value is -2.50. The van der Waals surface area contributed by atoms with Crippen LogP contribution in [0.15, 0.2) is 24.3 Å². The van der Waals surface area contributed by atoms with Crippen molar-refractivity contribution in [2.45, 2.75) is 13.8 Å². The number of benzene rings is 1. The minimum absolute atomic E-state index is 0.0150. The van der Waals surface area contributed by atoms with Gasteiger partial charge in [0, 0.05) is 43.1 Å². The van der Waals surface area contributed by atoms with Crippen molar-refractivity contribution in [3.63, 3.8) is 0 Å². The van der Waals surface area contributed by atoms with Gasteiger partial charge in [-0.05, 0) is 38.1 Å². The number of nitrogens with one attached hydrogen (secondary N) is 1. The molecule has 0 radical (unpaired) electrons. The number of nitrogens with zero attached hydrogens (tertiary/aromatic N) is 3. The van der Waals surface area contributed by atoms with Crippen molar-refractivity contribution in [2.75, 3.05) is 38.2 Å². The first-order valence-electron chi connectivity index (χ1n) is 7.80. The maximum atomic E-state index is 12.6. The maximum Gasteiger partial charge on any atom is 0.274 e. The summed E-state index contributed by atoms with van der Waals surface area (Å²) < 4.78 is 5.19. The summed E-state index contributed by atoms with van der Waals surface area (Å²) in [6.45, 7) is 6.91. The van der Waals surface area contributed by atoms with Crippen LogP contribution in [0.25, 0.3) is 0 Å². The first-order chi connectivity index (χ1) is 11.1. The highest BCUT2D eigenvalue weighted by Crippen LogP contribution is 2.21. The molecule has 1 fully saturated rings. The summed E-state index contributed by atoms with van der Waals surface area (Å²) in [6, 6.07) is 8.03. The van der Waals surface area contributed by atoms with Crippen LogP contribution in [-0.2, 0) is 0 Å². The van der Waals surface area contributed by atoms with Crippen LogP contribution in [0.1, 0.15) is 21.7 Å². The minimum atomic E-state index is 0.0150. The molecule has 0 atom stereocenters. The number of aromatic amines is 1. The van der Waals surface area contributed by atoms with Gasteiger partial charge in [-0.15, -0.1) is 0 Å². The lowest BCUT2D eigenvalue weighted by atomic mass is 10.2. The van der Waals surface area contributed by atoms with Crippen molar-refractivity contribution < 1.29 is 9.53 Å². The Balaban J connectivity index is 1.63. The predicted octanol–water partition coefficient (Wildman–Crippen LogP) is 2.00. The lowest BCUT2D eigenvalue weighted by Gasteiger charge is -2.36. The fourth-order valence-corrected chi connectivity index (χ4v) is 2.80. The number of ether oxygens (including phenoxy) is 1. The zero-order chi connectivity index (χ0) is 16.4. The zero-order valence-corrected chi connectivity index (χ0v) is 13.8. The highest BCUT2D eigenvalue weighted by Gasteiger charge is 2.25. The Morgan fingerprint density at radius 1 is 1.13 bits per heavy atom. The largest absolute Gasteiger partial charge is 0.497 e. The predicted molar refractivity (Wildman–Crippen MR) is 89.2 cm³/mol. The fraction of sp³-hybridized carbons (Fsp3) is 0.412. The van der Waals surface area contributed by atoms with E-state index in [2.05, 4.69) is 27.2 Å². The Labute approximate surface area is 136 Å². The number of carbonyl (C=O) groups excluding carboxylic acids is 1. The van der Waals surface area contributed by atoms with E-state index in [-0.39, 0.29) is 5.91 Å². The molecule has 1 aliphatic rings. The van der Waals surface area contributed by atoms with Gasteiger partial charge in [-0.3, -0.25) is 9.89 Å². The van der Waals surface area contributed by atoms with Gasteiger partial charge in [-0.2, -0.15) is 5.10 Å². The van der Waals surface area contributed by atoms with Gasteiger partial charge in [0.15, 0.2) is 5.69 Å². The number of hydrogen-bond acceptors (Lipinski definition) is 4. The normalized spacial score (nSPS) is 14.9. The van der Waals surface area contributed by atoms with Gasteiger partial charge in [-0.25, -0.2) is 0 Å². The fourth-order valence-electron chi connectivity index (χ4n) is 2.80. The lowest BCUT2D eigenvalue weighted by molar-refractivity contribution is 0.0740. The number of carbonyl (C=O) groups is 1. The second-order valence-corrected chi connectivity index (χ2v) is 5.80. The van der Waals surface area contributed by atoms with Crippen molar-refractivity contribution in [2.24, 2.45) is 0 Å². The molecular weight excluding hydrogens is 292 g/mol. The van der Waals surface area contributed by atoms with Gasteiger partial charge in [0.05, 0.1) is 7.11 Å². The highest BCUT2D eigenvalue weighted by molar-refractivity contribution is 5.94. The van der Waals surface area contributed by atoms with Crippen molar-refractivity contribution in [3.05, 3.63) is 41.2 Å². The highest BCUT2D eigenvalue weighted by atomic mass is 16.5. The van der Waals surface area contributed by atoms with E-state index in [0.717, 1.165) is 35.8 Å². The monoisotopic (exact) mass is 314 g/mol. The molecule has 6 heteroatoms. The summed E-state index contributed by atoms with van der Waals surface area (Å²) in [6.07, 6.45) is 0. The molecule has 1 N–H and O–H groups in total. The van der Waals surface area contributed by atoms with Crippen LogP contribution in [0, 0.1) is 13.8 Å². The number of hydrogen-bond donors (Lipinski definition) is 1. The molecule has 1 aromatic carbocycles. The molecule has 1 saturated heterocycles. The summed E-state index contributed by atoms with van der Waals surface area (Å²) in [5.74, 6) is 0.869. The topological polar surface area (TPSA) is 61.5 Å². The van der Waals surface area contributed by atoms with E-state index in [1.54, 1.807) is 7.11 Å². The third-order valence-corrected chi connectivity index (χ3v) is 4.46. The second kappa shape index (κ2) is 6.32. The Kier molecular flexibility index (Phi) is 4.23. The van der Waals surface area contributed by atoms with E-state index in [1.165, 1.54) is 0 Å². The van der Waals surface area contributed by atoms with Crippen LogP contribution in [0.3, 0.4) is 0 Å². The smallest absolute Gasteiger partial charge is 0.274 e. The molecule has 2 heterocycles. The molecule has 122 valence electrons. The van der Waals surface area contributed by atoms with Crippen LogP contribution in [0.5, 0.6) is 5.75 Å². The maximum absolute atomic E-state index is 12.6. The summed E-state index contributed by atoms with van der Waals surface area (Å²) in [7, 11) is 1.66. The molecule has 0 saturated carbocycles. The van der Waals surface area contributed by atoms with E-state index >= 15 is 0 Å². The van der Waals surface area contributed by atoms with Crippen molar-refractivity contribution in [3.8, 4) is 5.75 Å². The molecule has 3 rings (SSSR count). The summed E-state index contributed by atoms with van der Waals surface area (Å²) in [4.78, 5) is 16.7. The molecule has 1 amide bonds. The second-order valence-electron chi connectivity index (χ2n) is 5.80.